The second-order valence-electron chi connectivity index (χ2n) is 6.41. The molecule has 0 aliphatic carbocycles. The Kier molecular flexibility index (Phi) is 4.63. The monoisotopic (exact) mass is 324 g/mol. The van der Waals surface area contributed by atoms with E-state index in [4.69, 9.17) is 0 Å². The maximum atomic E-state index is 11.6. The lowest BCUT2D eigenvalue weighted by atomic mass is 10.1. The molecule has 1 aromatic heterocycles. The Balaban J connectivity index is 1.58. The fourth-order valence-corrected chi connectivity index (χ4v) is 5.03. The summed E-state index contributed by atoms with van der Waals surface area (Å²) in [5.41, 5.74) is 1.03. The molecule has 2 aliphatic heterocycles. The zero-order valence-corrected chi connectivity index (χ0v) is 13.9. The quantitative estimate of drug-likeness (QED) is 0.826. The molecule has 0 N–H and O–H groups in total. The standard InChI is InChI=1S/C15H24N4O2S/c1-18(14-5-8-22(20,21)12-14)11-13-9-16-15(17-10-13)19-6-3-2-4-7-19/h9-10,14H,2-8,11-12H2,1H3/t14-/m0/s1. The van der Waals surface area contributed by atoms with Gasteiger partial charge in [-0.3, -0.25) is 4.90 Å². The van der Waals surface area contributed by atoms with Crippen LogP contribution in [0.5, 0.6) is 0 Å². The topological polar surface area (TPSA) is 66.4 Å². The van der Waals surface area contributed by atoms with Gasteiger partial charge in [0.1, 0.15) is 0 Å². The summed E-state index contributed by atoms with van der Waals surface area (Å²) in [5.74, 6) is 1.40. The second kappa shape index (κ2) is 6.50. The summed E-state index contributed by atoms with van der Waals surface area (Å²) in [6, 6.07) is 0.117. The largest absolute Gasteiger partial charge is 0.341 e. The van der Waals surface area contributed by atoms with Crippen LogP contribution in [0.15, 0.2) is 12.4 Å². The molecule has 3 heterocycles. The molecule has 0 unspecified atom stereocenters. The molecular formula is C15H24N4O2S. The summed E-state index contributed by atoms with van der Waals surface area (Å²) in [4.78, 5) is 13.3. The van der Waals surface area contributed by atoms with Crippen molar-refractivity contribution in [1.29, 1.82) is 0 Å². The predicted molar refractivity (Wildman–Crippen MR) is 86.6 cm³/mol. The third kappa shape index (κ3) is 3.76. The molecule has 2 aliphatic rings. The summed E-state index contributed by atoms with van der Waals surface area (Å²) in [7, 11) is -0.857. The van der Waals surface area contributed by atoms with Crippen LogP contribution in [0, 0.1) is 0 Å². The van der Waals surface area contributed by atoms with Gasteiger partial charge in [0.25, 0.3) is 0 Å². The van der Waals surface area contributed by atoms with Crippen molar-refractivity contribution >= 4 is 15.8 Å². The number of piperidine rings is 1. The van der Waals surface area contributed by atoms with Crippen LogP contribution in [0.25, 0.3) is 0 Å². The Bertz CT molecular complexity index is 596. The summed E-state index contributed by atoms with van der Waals surface area (Å²) in [5, 5.41) is 0. The van der Waals surface area contributed by atoms with Crippen molar-refractivity contribution in [2.24, 2.45) is 0 Å². The van der Waals surface area contributed by atoms with Gasteiger partial charge in [0.15, 0.2) is 9.84 Å². The molecule has 3 rings (SSSR count). The first-order valence-electron chi connectivity index (χ1n) is 8.00. The molecule has 1 aromatic rings. The smallest absolute Gasteiger partial charge is 0.225 e. The van der Waals surface area contributed by atoms with Gasteiger partial charge in [0.05, 0.1) is 11.5 Å². The highest BCUT2D eigenvalue weighted by molar-refractivity contribution is 7.91. The van der Waals surface area contributed by atoms with Crippen molar-refractivity contribution in [2.75, 3.05) is 36.5 Å². The van der Waals surface area contributed by atoms with Crippen LogP contribution in [-0.4, -0.2) is 61.0 Å². The molecule has 0 amide bonds. The molecule has 2 fully saturated rings. The fraction of sp³-hybridized carbons (Fsp3) is 0.733. The van der Waals surface area contributed by atoms with E-state index in [1.165, 1.54) is 19.3 Å². The van der Waals surface area contributed by atoms with E-state index in [9.17, 15) is 8.42 Å². The first-order valence-corrected chi connectivity index (χ1v) is 9.82. The zero-order chi connectivity index (χ0) is 15.6. The van der Waals surface area contributed by atoms with E-state index in [1.807, 2.05) is 19.4 Å². The Morgan fingerprint density at radius 2 is 1.91 bits per heavy atom. The van der Waals surface area contributed by atoms with Gasteiger partial charge in [-0.15, -0.1) is 0 Å². The minimum Gasteiger partial charge on any atom is -0.341 e. The van der Waals surface area contributed by atoms with E-state index >= 15 is 0 Å². The average molecular weight is 324 g/mol. The number of rotatable bonds is 4. The van der Waals surface area contributed by atoms with Crippen molar-refractivity contribution in [2.45, 2.75) is 38.3 Å². The Labute approximate surface area is 132 Å². The Hall–Kier alpha value is -1.21. The lowest BCUT2D eigenvalue weighted by Crippen LogP contribution is -2.32. The summed E-state index contributed by atoms with van der Waals surface area (Å²) >= 11 is 0. The summed E-state index contributed by atoms with van der Waals surface area (Å²) in [6.07, 6.45) is 8.19. The number of sulfone groups is 1. The Morgan fingerprint density at radius 1 is 1.23 bits per heavy atom. The predicted octanol–water partition coefficient (Wildman–Crippen LogP) is 1.09. The van der Waals surface area contributed by atoms with Crippen LogP contribution >= 0.6 is 0 Å². The van der Waals surface area contributed by atoms with Crippen LogP contribution < -0.4 is 4.90 Å². The molecule has 0 saturated carbocycles. The van der Waals surface area contributed by atoms with Crippen LogP contribution in [-0.2, 0) is 16.4 Å². The lowest BCUT2D eigenvalue weighted by molar-refractivity contribution is 0.253. The SMILES string of the molecule is CN(Cc1cnc(N2CCCCC2)nc1)[C@H]1CCS(=O)(=O)C1. The second-order valence-corrected chi connectivity index (χ2v) is 8.64. The number of nitrogens with zero attached hydrogens (tertiary/aromatic N) is 4. The van der Waals surface area contributed by atoms with Gasteiger partial charge in [0.2, 0.25) is 5.95 Å². The summed E-state index contributed by atoms with van der Waals surface area (Å²) in [6.45, 7) is 2.78. The highest BCUT2D eigenvalue weighted by Crippen LogP contribution is 2.19. The molecular weight excluding hydrogens is 300 g/mol. The first kappa shape index (κ1) is 15.7. The third-order valence-corrected chi connectivity index (χ3v) is 6.34. The van der Waals surface area contributed by atoms with Gasteiger partial charge in [-0.05, 0) is 32.7 Å². The van der Waals surface area contributed by atoms with Crippen molar-refractivity contribution in [3.05, 3.63) is 18.0 Å². The van der Waals surface area contributed by atoms with Gasteiger partial charge in [-0.25, -0.2) is 18.4 Å². The molecule has 7 heteroatoms. The van der Waals surface area contributed by atoms with Crippen molar-refractivity contribution < 1.29 is 8.42 Å². The van der Waals surface area contributed by atoms with Gasteiger partial charge in [-0.2, -0.15) is 0 Å². The van der Waals surface area contributed by atoms with E-state index in [2.05, 4.69) is 19.8 Å². The third-order valence-electron chi connectivity index (χ3n) is 4.59. The highest BCUT2D eigenvalue weighted by atomic mass is 32.2. The van der Waals surface area contributed by atoms with Gasteiger partial charge in [0, 0.05) is 43.6 Å². The number of hydrogen-bond acceptors (Lipinski definition) is 6. The van der Waals surface area contributed by atoms with Gasteiger partial charge < -0.3 is 4.90 Å². The van der Waals surface area contributed by atoms with Crippen molar-refractivity contribution in [1.82, 2.24) is 14.9 Å². The van der Waals surface area contributed by atoms with Crippen LogP contribution in [0.2, 0.25) is 0 Å². The molecule has 6 nitrogen and oxygen atoms in total. The number of aromatic nitrogens is 2. The highest BCUT2D eigenvalue weighted by Gasteiger charge is 2.30. The van der Waals surface area contributed by atoms with Crippen LogP contribution in [0.1, 0.15) is 31.2 Å². The summed E-state index contributed by atoms with van der Waals surface area (Å²) < 4.78 is 23.1. The van der Waals surface area contributed by atoms with Crippen LogP contribution in [0.3, 0.4) is 0 Å². The van der Waals surface area contributed by atoms with Gasteiger partial charge >= 0.3 is 0 Å². The molecule has 0 aromatic carbocycles. The number of anilines is 1. The fourth-order valence-electron chi connectivity index (χ4n) is 3.23. The molecule has 122 valence electrons. The average Bonchev–Trinajstić information content (AvgIpc) is 2.89. The van der Waals surface area contributed by atoms with E-state index in [-0.39, 0.29) is 11.8 Å². The molecule has 0 radical (unpaired) electrons. The minimum absolute atomic E-state index is 0.117. The van der Waals surface area contributed by atoms with E-state index in [0.29, 0.717) is 12.3 Å². The van der Waals surface area contributed by atoms with Crippen molar-refractivity contribution in [3.8, 4) is 0 Å². The van der Waals surface area contributed by atoms with E-state index in [1.54, 1.807) is 0 Å². The van der Waals surface area contributed by atoms with Gasteiger partial charge in [-0.1, -0.05) is 0 Å². The minimum atomic E-state index is -2.83. The van der Waals surface area contributed by atoms with Crippen molar-refractivity contribution in [3.63, 3.8) is 0 Å². The van der Waals surface area contributed by atoms with E-state index < -0.39 is 9.84 Å². The molecule has 0 spiro atoms. The Morgan fingerprint density at radius 3 is 2.50 bits per heavy atom. The molecule has 0 bridgehead atoms. The zero-order valence-electron chi connectivity index (χ0n) is 13.1. The molecule has 22 heavy (non-hydrogen) atoms. The maximum Gasteiger partial charge on any atom is 0.225 e. The first-order chi connectivity index (χ1) is 10.5. The molecule has 1 atom stereocenters. The van der Waals surface area contributed by atoms with E-state index in [0.717, 1.165) is 31.0 Å². The van der Waals surface area contributed by atoms with Crippen LogP contribution in [0.4, 0.5) is 5.95 Å². The lowest BCUT2D eigenvalue weighted by Gasteiger charge is -2.27. The number of hydrogen-bond donors (Lipinski definition) is 0. The normalized spacial score (nSPS) is 24.8. The maximum absolute atomic E-state index is 11.6. The molecule has 2 saturated heterocycles.